The number of nitrogens with one attached hydrogen (secondary N) is 1. The zero-order valence-electron chi connectivity index (χ0n) is 16.2. The number of rotatable bonds is 7. The van der Waals surface area contributed by atoms with Crippen LogP contribution in [0.3, 0.4) is 0 Å². The first-order chi connectivity index (χ1) is 13.7. The highest BCUT2D eigenvalue weighted by Gasteiger charge is 2.08. The van der Waals surface area contributed by atoms with Crippen molar-refractivity contribution in [2.24, 2.45) is 0 Å². The van der Waals surface area contributed by atoms with Crippen molar-refractivity contribution in [1.29, 1.82) is 0 Å². The summed E-state index contributed by atoms with van der Waals surface area (Å²) in [6.07, 6.45) is 3.63. The fraction of sp³-hybridized carbons (Fsp3) is 0.217. The first-order valence-corrected chi connectivity index (χ1v) is 9.62. The van der Waals surface area contributed by atoms with Crippen LogP contribution in [0.2, 0.25) is 0 Å². The predicted molar refractivity (Wildman–Crippen MR) is 112 cm³/mol. The molecular formula is C23H24N4O. The molecule has 0 radical (unpaired) electrons. The second-order valence-electron chi connectivity index (χ2n) is 6.86. The Morgan fingerprint density at radius 3 is 2.57 bits per heavy atom. The molecule has 0 amide bonds. The van der Waals surface area contributed by atoms with E-state index in [0.29, 0.717) is 0 Å². The van der Waals surface area contributed by atoms with Gasteiger partial charge in [-0.3, -0.25) is 0 Å². The Labute approximate surface area is 165 Å². The van der Waals surface area contributed by atoms with Crippen LogP contribution in [0.4, 0.5) is 11.5 Å². The summed E-state index contributed by atoms with van der Waals surface area (Å²) in [7, 11) is 0. The molecule has 2 heterocycles. The van der Waals surface area contributed by atoms with Gasteiger partial charge in [-0.05, 0) is 43.2 Å². The maximum Gasteiger partial charge on any atom is 0.157 e. The van der Waals surface area contributed by atoms with Crippen LogP contribution in [0.5, 0.6) is 5.75 Å². The molecule has 0 spiro atoms. The Balaban J connectivity index is 1.44. The molecule has 0 aliphatic carbocycles. The van der Waals surface area contributed by atoms with E-state index in [0.717, 1.165) is 41.4 Å². The quantitative estimate of drug-likeness (QED) is 0.493. The lowest BCUT2D eigenvalue weighted by Gasteiger charge is -2.15. The molecule has 5 heteroatoms. The van der Waals surface area contributed by atoms with Crippen LogP contribution in [0.15, 0.2) is 72.9 Å². The van der Waals surface area contributed by atoms with Gasteiger partial charge >= 0.3 is 0 Å². The number of nitrogens with zero attached hydrogens (tertiary/aromatic N) is 3. The molecule has 0 aliphatic rings. The number of benzene rings is 2. The molecule has 28 heavy (non-hydrogen) atoms. The summed E-state index contributed by atoms with van der Waals surface area (Å²) in [5.74, 6) is 1.76. The lowest BCUT2D eigenvalue weighted by Crippen LogP contribution is -2.14. The first-order valence-electron chi connectivity index (χ1n) is 9.62. The SMILES string of the molecule is CCc1cc(Nc2ccc(OC(C)Cc3ccccc3)cc2)n2nccc2n1. The van der Waals surface area contributed by atoms with E-state index in [-0.39, 0.29) is 6.10 Å². The summed E-state index contributed by atoms with van der Waals surface area (Å²) >= 11 is 0. The van der Waals surface area contributed by atoms with Crippen LogP contribution < -0.4 is 10.1 Å². The van der Waals surface area contributed by atoms with E-state index in [1.807, 2.05) is 47.0 Å². The third kappa shape index (κ3) is 4.14. The summed E-state index contributed by atoms with van der Waals surface area (Å²) in [6.45, 7) is 4.19. The molecular weight excluding hydrogens is 348 g/mol. The highest BCUT2D eigenvalue weighted by Crippen LogP contribution is 2.22. The number of aryl methyl sites for hydroxylation is 1. The fourth-order valence-corrected chi connectivity index (χ4v) is 3.22. The molecule has 2 aromatic carbocycles. The van der Waals surface area contributed by atoms with E-state index in [1.165, 1.54) is 5.56 Å². The van der Waals surface area contributed by atoms with Crippen LogP contribution >= 0.6 is 0 Å². The maximum absolute atomic E-state index is 6.06. The van der Waals surface area contributed by atoms with Gasteiger partial charge in [-0.1, -0.05) is 37.3 Å². The molecule has 5 nitrogen and oxygen atoms in total. The largest absolute Gasteiger partial charge is 0.490 e. The maximum atomic E-state index is 6.06. The van der Waals surface area contributed by atoms with E-state index in [4.69, 9.17) is 4.74 Å². The number of hydrogen-bond acceptors (Lipinski definition) is 4. The highest BCUT2D eigenvalue weighted by atomic mass is 16.5. The smallest absolute Gasteiger partial charge is 0.157 e. The van der Waals surface area contributed by atoms with Gasteiger partial charge in [0.2, 0.25) is 0 Å². The number of ether oxygens (including phenoxy) is 1. The van der Waals surface area contributed by atoms with Crippen molar-refractivity contribution in [3.8, 4) is 5.75 Å². The van der Waals surface area contributed by atoms with E-state index < -0.39 is 0 Å². The Morgan fingerprint density at radius 1 is 1.04 bits per heavy atom. The molecule has 2 aromatic heterocycles. The molecule has 142 valence electrons. The van der Waals surface area contributed by atoms with Crippen molar-refractivity contribution in [2.75, 3.05) is 5.32 Å². The number of anilines is 2. The van der Waals surface area contributed by atoms with Gasteiger partial charge in [0.1, 0.15) is 11.6 Å². The van der Waals surface area contributed by atoms with Gasteiger partial charge in [0, 0.05) is 29.9 Å². The molecule has 0 saturated heterocycles. The minimum absolute atomic E-state index is 0.109. The summed E-state index contributed by atoms with van der Waals surface area (Å²) in [4.78, 5) is 4.58. The number of aromatic nitrogens is 3. The predicted octanol–water partition coefficient (Wildman–Crippen LogP) is 5.05. The standard InChI is InChI=1S/C23H24N4O/c1-3-19-16-23(27-22(25-19)13-14-24-27)26-20-9-11-21(12-10-20)28-17(2)15-18-7-5-4-6-8-18/h4-14,16-17,26H,3,15H2,1-2H3. The lowest BCUT2D eigenvalue weighted by molar-refractivity contribution is 0.222. The van der Waals surface area contributed by atoms with E-state index in [1.54, 1.807) is 6.20 Å². The Hall–Kier alpha value is -3.34. The topological polar surface area (TPSA) is 51.5 Å². The Bertz CT molecular complexity index is 1040. The van der Waals surface area contributed by atoms with Gasteiger partial charge in [0.25, 0.3) is 0 Å². The van der Waals surface area contributed by atoms with Crippen molar-refractivity contribution in [3.05, 3.63) is 84.2 Å². The van der Waals surface area contributed by atoms with Crippen molar-refractivity contribution in [2.45, 2.75) is 32.8 Å². The van der Waals surface area contributed by atoms with Gasteiger partial charge in [-0.15, -0.1) is 0 Å². The average molecular weight is 372 g/mol. The third-order valence-corrected chi connectivity index (χ3v) is 4.60. The Kier molecular flexibility index (Phi) is 5.24. The summed E-state index contributed by atoms with van der Waals surface area (Å²) in [6, 6.07) is 22.4. The molecule has 0 saturated carbocycles. The molecule has 4 aromatic rings. The number of fused-ring (bicyclic) bond motifs is 1. The lowest BCUT2D eigenvalue weighted by atomic mass is 10.1. The zero-order valence-corrected chi connectivity index (χ0v) is 16.2. The second-order valence-corrected chi connectivity index (χ2v) is 6.86. The van der Waals surface area contributed by atoms with Crippen LogP contribution in [-0.2, 0) is 12.8 Å². The van der Waals surface area contributed by atoms with E-state index in [2.05, 4.69) is 53.5 Å². The second kappa shape index (κ2) is 8.13. The van der Waals surface area contributed by atoms with Gasteiger partial charge in [-0.2, -0.15) is 9.61 Å². The van der Waals surface area contributed by atoms with Crippen LogP contribution in [-0.4, -0.2) is 20.7 Å². The monoisotopic (exact) mass is 372 g/mol. The molecule has 4 rings (SSSR count). The van der Waals surface area contributed by atoms with Crippen LogP contribution in [0.25, 0.3) is 5.65 Å². The molecule has 1 unspecified atom stereocenters. The minimum Gasteiger partial charge on any atom is -0.490 e. The van der Waals surface area contributed by atoms with Crippen molar-refractivity contribution in [3.63, 3.8) is 0 Å². The van der Waals surface area contributed by atoms with E-state index >= 15 is 0 Å². The Morgan fingerprint density at radius 2 is 1.82 bits per heavy atom. The van der Waals surface area contributed by atoms with Crippen molar-refractivity contribution >= 4 is 17.2 Å². The minimum atomic E-state index is 0.109. The molecule has 0 aliphatic heterocycles. The van der Waals surface area contributed by atoms with Crippen molar-refractivity contribution in [1.82, 2.24) is 14.6 Å². The summed E-state index contributed by atoms with van der Waals surface area (Å²) in [5, 5.41) is 7.79. The van der Waals surface area contributed by atoms with Gasteiger partial charge in [0.15, 0.2) is 5.65 Å². The summed E-state index contributed by atoms with van der Waals surface area (Å²) < 4.78 is 7.87. The molecule has 1 N–H and O–H groups in total. The van der Waals surface area contributed by atoms with Gasteiger partial charge in [0.05, 0.1) is 12.3 Å². The molecule has 0 bridgehead atoms. The molecule has 0 fully saturated rings. The highest BCUT2D eigenvalue weighted by molar-refractivity contribution is 5.60. The number of hydrogen-bond donors (Lipinski definition) is 1. The fourth-order valence-electron chi connectivity index (χ4n) is 3.22. The van der Waals surface area contributed by atoms with Crippen LogP contribution in [0, 0.1) is 0 Å². The van der Waals surface area contributed by atoms with Crippen molar-refractivity contribution < 1.29 is 4.74 Å². The first kappa shape index (κ1) is 18.0. The average Bonchev–Trinajstić information content (AvgIpc) is 3.19. The zero-order chi connectivity index (χ0) is 19.3. The van der Waals surface area contributed by atoms with Gasteiger partial charge in [-0.25, -0.2) is 4.98 Å². The molecule has 1 atom stereocenters. The normalized spacial score (nSPS) is 12.1. The third-order valence-electron chi connectivity index (χ3n) is 4.60. The van der Waals surface area contributed by atoms with Gasteiger partial charge < -0.3 is 10.1 Å². The summed E-state index contributed by atoms with van der Waals surface area (Å²) in [5.41, 5.74) is 4.13. The van der Waals surface area contributed by atoms with Crippen LogP contribution in [0.1, 0.15) is 25.1 Å². The van der Waals surface area contributed by atoms with E-state index in [9.17, 15) is 0 Å².